The number of hydrogen-bond acceptors (Lipinski definition) is 4. The van der Waals surface area contributed by atoms with Gasteiger partial charge in [0, 0.05) is 6.20 Å². The molecule has 0 bridgehead atoms. The van der Waals surface area contributed by atoms with Gasteiger partial charge >= 0.3 is 0 Å². The highest BCUT2D eigenvalue weighted by molar-refractivity contribution is 7.16. The van der Waals surface area contributed by atoms with E-state index in [2.05, 4.69) is 15.0 Å². The Morgan fingerprint density at radius 1 is 1.40 bits per heavy atom. The fourth-order valence-electron chi connectivity index (χ4n) is 0.747. The minimum Gasteiger partial charge on any atom is -0.240 e. The third-order valence-corrected chi connectivity index (χ3v) is 1.90. The van der Waals surface area contributed by atoms with E-state index in [1.807, 2.05) is 6.92 Å². The first-order valence-electron chi connectivity index (χ1n) is 2.89. The van der Waals surface area contributed by atoms with Gasteiger partial charge in [-0.3, -0.25) is 0 Å². The van der Waals surface area contributed by atoms with E-state index in [-0.39, 0.29) is 0 Å². The first-order chi connectivity index (χ1) is 4.86. The van der Waals surface area contributed by atoms with Gasteiger partial charge in [-0.2, -0.15) is 0 Å². The van der Waals surface area contributed by atoms with Crippen molar-refractivity contribution in [3.05, 3.63) is 17.4 Å². The molecule has 0 N–H and O–H groups in total. The van der Waals surface area contributed by atoms with E-state index in [4.69, 9.17) is 0 Å². The second kappa shape index (κ2) is 1.98. The summed E-state index contributed by atoms with van der Waals surface area (Å²) >= 11 is 1.51. The van der Waals surface area contributed by atoms with Crippen LogP contribution in [0, 0.1) is 6.92 Å². The molecule has 4 heteroatoms. The highest BCUT2D eigenvalue weighted by Gasteiger charge is 1.96. The molecule has 0 saturated carbocycles. The first kappa shape index (κ1) is 5.73. The highest BCUT2D eigenvalue weighted by Crippen LogP contribution is 2.11. The van der Waals surface area contributed by atoms with Crippen LogP contribution in [0.15, 0.2) is 11.7 Å². The summed E-state index contributed by atoms with van der Waals surface area (Å²) in [4.78, 5) is 13.2. The van der Waals surface area contributed by atoms with Gasteiger partial charge in [0.05, 0.1) is 11.2 Å². The molecule has 2 aromatic rings. The van der Waals surface area contributed by atoms with Crippen LogP contribution in [0.4, 0.5) is 0 Å². The van der Waals surface area contributed by atoms with Crippen molar-refractivity contribution in [1.29, 1.82) is 0 Å². The van der Waals surface area contributed by atoms with Crippen molar-refractivity contribution in [3.8, 4) is 0 Å². The van der Waals surface area contributed by atoms with Crippen LogP contribution in [0.2, 0.25) is 0 Å². The van der Waals surface area contributed by atoms with Crippen LogP contribution in [0.5, 0.6) is 0 Å². The zero-order valence-corrected chi connectivity index (χ0v) is 6.22. The Morgan fingerprint density at radius 2 is 2.30 bits per heavy atom. The molecule has 50 valence electrons. The topological polar surface area (TPSA) is 38.7 Å². The van der Waals surface area contributed by atoms with Gasteiger partial charge in [-0.1, -0.05) is 0 Å². The molecular weight excluding hydrogens is 146 g/mol. The molecule has 0 aromatic carbocycles. The van der Waals surface area contributed by atoms with Crippen LogP contribution >= 0.6 is 11.3 Å². The minimum absolute atomic E-state index is 0.755. The average molecular weight is 151 g/mol. The summed E-state index contributed by atoms with van der Waals surface area (Å²) < 4.78 is 0. The lowest BCUT2D eigenvalue weighted by Gasteiger charge is -1.87. The quantitative estimate of drug-likeness (QED) is 0.571. The largest absolute Gasteiger partial charge is 0.240 e. The summed E-state index contributed by atoms with van der Waals surface area (Å²) in [5, 5.41) is 0. The molecule has 0 fully saturated rings. The second-order valence-electron chi connectivity index (χ2n) is 1.99. The van der Waals surface area contributed by atoms with Crippen LogP contribution in [-0.4, -0.2) is 15.0 Å². The van der Waals surface area contributed by atoms with Gasteiger partial charge in [-0.15, -0.1) is 11.3 Å². The van der Waals surface area contributed by atoms with E-state index in [1.54, 1.807) is 11.7 Å². The number of aromatic nitrogens is 3. The standard InChI is InChI=1S/C6H5N3S/c1-4-2-7-6-5(9-4)8-3-10-6/h2-3H,1H3. The van der Waals surface area contributed by atoms with Gasteiger partial charge in [0.25, 0.3) is 0 Å². The highest BCUT2D eigenvalue weighted by atomic mass is 32.1. The number of aryl methyl sites for hydroxylation is 1. The molecule has 0 amide bonds. The lowest BCUT2D eigenvalue weighted by molar-refractivity contribution is 1.17. The summed E-state index contributed by atoms with van der Waals surface area (Å²) in [6, 6.07) is 0. The zero-order valence-electron chi connectivity index (χ0n) is 5.40. The van der Waals surface area contributed by atoms with Crippen LogP contribution < -0.4 is 0 Å². The molecule has 2 rings (SSSR count). The van der Waals surface area contributed by atoms with E-state index in [1.165, 1.54) is 11.3 Å². The maximum atomic E-state index is 4.17. The Bertz CT molecular complexity index is 355. The Labute approximate surface area is 61.8 Å². The van der Waals surface area contributed by atoms with Crippen LogP contribution in [0.1, 0.15) is 5.69 Å². The molecular formula is C6H5N3S. The maximum Gasteiger partial charge on any atom is 0.189 e. The number of hydrogen-bond donors (Lipinski definition) is 0. The molecule has 0 saturated heterocycles. The third-order valence-electron chi connectivity index (χ3n) is 1.18. The Morgan fingerprint density at radius 3 is 3.20 bits per heavy atom. The number of thiazole rings is 1. The van der Waals surface area contributed by atoms with E-state index in [9.17, 15) is 0 Å². The summed E-state index contributed by atoms with van der Waals surface area (Å²) in [6.07, 6.45) is 1.75. The number of rotatable bonds is 0. The average Bonchev–Trinajstić information content (AvgIpc) is 2.33. The minimum atomic E-state index is 0.755. The molecule has 0 radical (unpaired) electrons. The van der Waals surface area contributed by atoms with Crippen molar-refractivity contribution in [2.75, 3.05) is 0 Å². The van der Waals surface area contributed by atoms with E-state index in [0.717, 1.165) is 16.2 Å². The van der Waals surface area contributed by atoms with Crippen molar-refractivity contribution in [3.63, 3.8) is 0 Å². The Kier molecular flexibility index (Phi) is 1.14. The summed E-state index contributed by atoms with van der Waals surface area (Å²) in [6.45, 7) is 1.91. The predicted octanol–water partition coefficient (Wildman–Crippen LogP) is 1.39. The molecule has 0 spiro atoms. The van der Waals surface area contributed by atoms with Gasteiger partial charge in [0.2, 0.25) is 0 Å². The Hall–Kier alpha value is -1.03. The predicted molar refractivity (Wildman–Crippen MR) is 39.9 cm³/mol. The van der Waals surface area contributed by atoms with Gasteiger partial charge < -0.3 is 0 Å². The molecule has 10 heavy (non-hydrogen) atoms. The SMILES string of the molecule is Cc1cnc2scnc2n1. The van der Waals surface area contributed by atoms with Crippen molar-refractivity contribution in [2.24, 2.45) is 0 Å². The maximum absolute atomic E-state index is 4.17. The monoisotopic (exact) mass is 151 g/mol. The molecule has 0 atom stereocenters. The lowest BCUT2D eigenvalue weighted by Crippen LogP contribution is -1.83. The number of nitrogens with zero attached hydrogens (tertiary/aromatic N) is 3. The molecule has 2 heterocycles. The van der Waals surface area contributed by atoms with E-state index in [0.29, 0.717) is 0 Å². The van der Waals surface area contributed by atoms with Crippen molar-refractivity contribution in [2.45, 2.75) is 6.92 Å². The zero-order chi connectivity index (χ0) is 6.97. The van der Waals surface area contributed by atoms with Crippen LogP contribution in [0.25, 0.3) is 10.5 Å². The first-order valence-corrected chi connectivity index (χ1v) is 3.77. The van der Waals surface area contributed by atoms with Crippen LogP contribution in [0.3, 0.4) is 0 Å². The van der Waals surface area contributed by atoms with Crippen molar-refractivity contribution >= 4 is 21.8 Å². The third kappa shape index (κ3) is 0.769. The van der Waals surface area contributed by atoms with Gasteiger partial charge in [-0.25, -0.2) is 15.0 Å². The van der Waals surface area contributed by atoms with Crippen molar-refractivity contribution in [1.82, 2.24) is 15.0 Å². The van der Waals surface area contributed by atoms with Crippen molar-refractivity contribution < 1.29 is 0 Å². The summed E-state index contributed by atoms with van der Waals surface area (Å²) in [5.74, 6) is 0. The lowest BCUT2D eigenvalue weighted by atomic mass is 10.5. The molecule has 3 nitrogen and oxygen atoms in total. The van der Waals surface area contributed by atoms with Gasteiger partial charge in [0.15, 0.2) is 10.5 Å². The smallest absolute Gasteiger partial charge is 0.189 e. The molecule has 0 aliphatic rings. The van der Waals surface area contributed by atoms with Gasteiger partial charge in [0.1, 0.15) is 0 Å². The fourth-order valence-corrected chi connectivity index (χ4v) is 1.32. The summed E-state index contributed by atoms with van der Waals surface area (Å²) in [5.41, 5.74) is 3.42. The van der Waals surface area contributed by atoms with Gasteiger partial charge in [-0.05, 0) is 6.92 Å². The number of fused-ring (bicyclic) bond motifs is 1. The summed E-state index contributed by atoms with van der Waals surface area (Å²) in [7, 11) is 0. The fraction of sp³-hybridized carbons (Fsp3) is 0.167. The van der Waals surface area contributed by atoms with E-state index >= 15 is 0 Å². The second-order valence-corrected chi connectivity index (χ2v) is 2.83. The molecule has 0 aliphatic heterocycles. The molecule has 0 unspecified atom stereocenters. The molecule has 2 aromatic heterocycles. The normalized spacial score (nSPS) is 10.5. The Balaban J connectivity index is 2.86. The van der Waals surface area contributed by atoms with E-state index < -0.39 is 0 Å². The van der Waals surface area contributed by atoms with Crippen LogP contribution in [-0.2, 0) is 0 Å². The molecule has 0 aliphatic carbocycles.